The van der Waals surface area contributed by atoms with Crippen LogP contribution in [0.2, 0.25) is 0 Å². The van der Waals surface area contributed by atoms with Crippen LogP contribution in [0.25, 0.3) is 75.1 Å². The number of benzene rings is 8. The second-order valence-electron chi connectivity index (χ2n) is 13.3. The molecule has 11 rings (SSSR count). The van der Waals surface area contributed by atoms with Crippen molar-refractivity contribution in [1.82, 2.24) is 5.32 Å². The minimum absolute atomic E-state index is 0.246. The molecule has 1 aromatic heterocycles. The predicted molar refractivity (Wildman–Crippen MR) is 216 cm³/mol. The number of hydrogen-bond donors (Lipinski definition) is 1. The molecular formula is C47H29N3S. The van der Waals surface area contributed by atoms with Gasteiger partial charge in [-0.2, -0.15) is 0 Å². The molecule has 0 amide bonds. The number of fused-ring (bicyclic) bond motifs is 8. The standard InChI is InChI=1S/C47H29N3S/c1-3-12-28(13-4-1)45-48-46(29-14-5-2-6-15-29)50-47(49-45)38-22-10-19-32-31(18-9-20-34(32)38)30-24-25-36-41-27-40-35-17-8-7-16-33(35)37-21-11-23-39(43(37)40)44(41)51-42(36)26-30/h1-27,45H,(H,48,49,50). The predicted octanol–water partition coefficient (Wildman–Crippen LogP) is 12.2. The molecule has 9 aromatic rings. The van der Waals surface area contributed by atoms with E-state index in [0.717, 1.165) is 33.7 Å². The molecule has 1 unspecified atom stereocenters. The molecule has 238 valence electrons. The van der Waals surface area contributed by atoms with E-state index < -0.39 is 0 Å². The highest BCUT2D eigenvalue weighted by Gasteiger charge is 2.25. The second kappa shape index (κ2) is 11.1. The summed E-state index contributed by atoms with van der Waals surface area (Å²) in [7, 11) is 0. The monoisotopic (exact) mass is 667 g/mol. The molecule has 1 aliphatic heterocycles. The topological polar surface area (TPSA) is 36.8 Å². The van der Waals surface area contributed by atoms with E-state index >= 15 is 0 Å². The molecular weight excluding hydrogens is 639 g/mol. The Kier molecular flexibility index (Phi) is 6.18. The Morgan fingerprint density at radius 1 is 0.451 bits per heavy atom. The van der Waals surface area contributed by atoms with Crippen LogP contribution in [0.4, 0.5) is 0 Å². The lowest BCUT2D eigenvalue weighted by Gasteiger charge is -2.24. The van der Waals surface area contributed by atoms with Crippen LogP contribution >= 0.6 is 11.3 Å². The lowest BCUT2D eigenvalue weighted by Crippen LogP contribution is -2.33. The molecule has 2 heterocycles. The third-order valence-corrected chi connectivity index (χ3v) is 11.7. The summed E-state index contributed by atoms with van der Waals surface area (Å²) in [6.45, 7) is 0. The molecule has 0 fully saturated rings. The van der Waals surface area contributed by atoms with Crippen molar-refractivity contribution in [3.63, 3.8) is 0 Å². The zero-order valence-electron chi connectivity index (χ0n) is 27.5. The van der Waals surface area contributed by atoms with E-state index in [1.165, 1.54) is 69.7 Å². The van der Waals surface area contributed by atoms with Gasteiger partial charge >= 0.3 is 0 Å². The molecule has 0 saturated heterocycles. The average molecular weight is 668 g/mol. The highest BCUT2D eigenvalue weighted by Crippen LogP contribution is 2.52. The SMILES string of the molecule is c1ccc(C2=NC(c3cccc4c(-c5ccc6c(c5)sc5c7cccc8c7c(cc65)-c5ccccc5-8)cccc34)=NC(c3ccccc3)N2)cc1. The van der Waals surface area contributed by atoms with Gasteiger partial charge in [-0.15, -0.1) is 11.3 Å². The summed E-state index contributed by atoms with van der Waals surface area (Å²) >= 11 is 1.91. The van der Waals surface area contributed by atoms with Crippen molar-refractivity contribution < 1.29 is 0 Å². The third kappa shape index (κ3) is 4.37. The molecule has 8 aromatic carbocycles. The summed E-state index contributed by atoms with van der Waals surface area (Å²) in [6, 6.07) is 58.9. The molecule has 3 nitrogen and oxygen atoms in total. The van der Waals surface area contributed by atoms with Gasteiger partial charge in [0.1, 0.15) is 12.0 Å². The Bertz CT molecular complexity index is 2940. The van der Waals surface area contributed by atoms with Crippen LogP contribution in [0, 0.1) is 0 Å². The van der Waals surface area contributed by atoms with E-state index in [4.69, 9.17) is 9.98 Å². The quantitative estimate of drug-likeness (QED) is 0.199. The molecule has 2 aliphatic rings. The average Bonchev–Trinajstić information content (AvgIpc) is 3.74. The van der Waals surface area contributed by atoms with Crippen molar-refractivity contribution in [3.05, 3.63) is 180 Å². The van der Waals surface area contributed by atoms with Gasteiger partial charge in [0.15, 0.2) is 5.84 Å². The first-order valence-corrected chi connectivity index (χ1v) is 18.2. The van der Waals surface area contributed by atoms with Crippen molar-refractivity contribution in [2.45, 2.75) is 6.17 Å². The van der Waals surface area contributed by atoms with Crippen LogP contribution in [-0.2, 0) is 0 Å². The van der Waals surface area contributed by atoms with Crippen LogP contribution in [0.3, 0.4) is 0 Å². The van der Waals surface area contributed by atoms with Crippen molar-refractivity contribution in [2.75, 3.05) is 0 Å². The number of aliphatic imine (C=N–C) groups is 2. The maximum Gasteiger partial charge on any atom is 0.160 e. The van der Waals surface area contributed by atoms with Gasteiger partial charge in [-0.25, -0.2) is 9.98 Å². The lowest BCUT2D eigenvalue weighted by molar-refractivity contribution is 0.674. The first-order chi connectivity index (χ1) is 25.3. The number of nitrogens with one attached hydrogen (secondary N) is 1. The highest BCUT2D eigenvalue weighted by atomic mass is 32.1. The summed E-state index contributed by atoms with van der Waals surface area (Å²) < 4.78 is 2.67. The molecule has 1 aliphatic carbocycles. The Hall–Kier alpha value is -6.36. The highest BCUT2D eigenvalue weighted by molar-refractivity contribution is 7.26. The maximum atomic E-state index is 5.19. The fourth-order valence-electron chi connectivity index (χ4n) is 8.14. The maximum absolute atomic E-state index is 5.19. The van der Waals surface area contributed by atoms with Crippen LogP contribution in [0.15, 0.2) is 174 Å². The van der Waals surface area contributed by atoms with Gasteiger partial charge in [-0.1, -0.05) is 152 Å². The van der Waals surface area contributed by atoms with E-state index in [0.29, 0.717) is 0 Å². The summed E-state index contributed by atoms with van der Waals surface area (Å²) in [5, 5.41) is 11.3. The molecule has 0 spiro atoms. The Labute approximate surface area is 298 Å². The Morgan fingerprint density at radius 2 is 1.10 bits per heavy atom. The second-order valence-corrected chi connectivity index (χ2v) is 14.4. The van der Waals surface area contributed by atoms with Crippen LogP contribution in [0.1, 0.15) is 22.9 Å². The minimum Gasteiger partial charge on any atom is -0.344 e. The van der Waals surface area contributed by atoms with Crippen molar-refractivity contribution in [3.8, 4) is 33.4 Å². The summed E-state index contributed by atoms with van der Waals surface area (Å²) in [4.78, 5) is 10.3. The number of amidine groups is 2. The Balaban J connectivity index is 1.06. The van der Waals surface area contributed by atoms with Gasteiger partial charge in [0, 0.05) is 36.7 Å². The molecule has 1 N–H and O–H groups in total. The van der Waals surface area contributed by atoms with Gasteiger partial charge in [-0.3, -0.25) is 0 Å². The number of thiophene rings is 1. The van der Waals surface area contributed by atoms with E-state index in [-0.39, 0.29) is 6.17 Å². The fraction of sp³-hybridized carbons (Fsp3) is 0.0213. The zero-order chi connectivity index (χ0) is 33.5. The molecule has 0 bridgehead atoms. The van der Waals surface area contributed by atoms with Gasteiger partial charge in [0.2, 0.25) is 0 Å². The van der Waals surface area contributed by atoms with Crippen LogP contribution < -0.4 is 5.32 Å². The van der Waals surface area contributed by atoms with Crippen LogP contribution in [0.5, 0.6) is 0 Å². The number of nitrogens with zero attached hydrogens (tertiary/aromatic N) is 2. The van der Waals surface area contributed by atoms with E-state index in [1.54, 1.807) is 0 Å². The molecule has 0 radical (unpaired) electrons. The summed E-state index contributed by atoms with van der Waals surface area (Å²) in [5.74, 6) is 1.55. The third-order valence-electron chi connectivity index (χ3n) is 10.5. The van der Waals surface area contributed by atoms with E-state index in [1.807, 2.05) is 35.6 Å². The van der Waals surface area contributed by atoms with Gasteiger partial charge < -0.3 is 5.32 Å². The zero-order valence-corrected chi connectivity index (χ0v) is 28.3. The summed E-state index contributed by atoms with van der Waals surface area (Å²) in [6.07, 6.45) is -0.246. The van der Waals surface area contributed by atoms with Crippen LogP contribution in [-0.4, -0.2) is 11.7 Å². The minimum atomic E-state index is -0.246. The van der Waals surface area contributed by atoms with Crippen molar-refractivity contribution in [1.29, 1.82) is 0 Å². The van der Waals surface area contributed by atoms with Crippen molar-refractivity contribution >= 4 is 64.7 Å². The van der Waals surface area contributed by atoms with E-state index in [9.17, 15) is 0 Å². The normalized spacial score (nSPS) is 14.9. The van der Waals surface area contributed by atoms with Gasteiger partial charge in [0.05, 0.1) is 0 Å². The largest absolute Gasteiger partial charge is 0.344 e. The van der Waals surface area contributed by atoms with Gasteiger partial charge in [-0.05, 0) is 67.2 Å². The first-order valence-electron chi connectivity index (χ1n) is 17.4. The summed E-state index contributed by atoms with van der Waals surface area (Å²) in [5.41, 5.74) is 10.9. The van der Waals surface area contributed by atoms with E-state index in [2.05, 4.69) is 145 Å². The number of hydrogen-bond acceptors (Lipinski definition) is 4. The lowest BCUT2D eigenvalue weighted by atomic mass is 9.94. The fourth-order valence-corrected chi connectivity index (χ4v) is 9.39. The molecule has 1 atom stereocenters. The number of rotatable bonds is 4. The molecule has 0 saturated carbocycles. The van der Waals surface area contributed by atoms with Gasteiger partial charge in [0.25, 0.3) is 0 Å². The molecule has 51 heavy (non-hydrogen) atoms. The first kappa shape index (κ1) is 28.5. The Morgan fingerprint density at radius 3 is 1.90 bits per heavy atom. The van der Waals surface area contributed by atoms with Crippen molar-refractivity contribution in [2.24, 2.45) is 9.98 Å². The smallest absolute Gasteiger partial charge is 0.160 e. The molecule has 4 heteroatoms.